The van der Waals surface area contributed by atoms with Crippen molar-refractivity contribution in [1.82, 2.24) is 15.0 Å². The van der Waals surface area contributed by atoms with Crippen molar-refractivity contribution < 1.29 is 4.79 Å². The van der Waals surface area contributed by atoms with Crippen molar-refractivity contribution in [3.8, 4) is 11.5 Å². The van der Waals surface area contributed by atoms with Crippen molar-refractivity contribution in [2.24, 2.45) is 0 Å². The summed E-state index contributed by atoms with van der Waals surface area (Å²) in [5.74, 6) is 0.572. The Morgan fingerprint density at radius 3 is 2.81 bits per heavy atom. The number of imidazole rings is 1. The summed E-state index contributed by atoms with van der Waals surface area (Å²) >= 11 is 13.4. The van der Waals surface area contributed by atoms with Gasteiger partial charge >= 0.3 is 0 Å². The topological polar surface area (TPSA) is 70.7 Å². The van der Waals surface area contributed by atoms with Crippen molar-refractivity contribution >= 4 is 57.2 Å². The first kappa shape index (κ1) is 17.0. The molecular formula is C18H12Cl2N4OS. The van der Waals surface area contributed by atoms with E-state index in [4.69, 9.17) is 23.2 Å². The highest BCUT2D eigenvalue weighted by molar-refractivity contribution is 7.07. The highest BCUT2D eigenvalue weighted by atomic mass is 35.5. The molecule has 4 rings (SSSR count). The number of nitrogens with one attached hydrogen (secondary N) is 2. The van der Waals surface area contributed by atoms with Crippen molar-refractivity contribution in [2.75, 3.05) is 5.32 Å². The number of amides is 1. The highest BCUT2D eigenvalue weighted by Gasteiger charge is 2.10. The number of H-pyrrole nitrogens is 1. The maximum atomic E-state index is 12.3. The molecule has 4 aromatic rings. The summed E-state index contributed by atoms with van der Waals surface area (Å²) in [6.07, 6.45) is 0.210. The van der Waals surface area contributed by atoms with Gasteiger partial charge in [-0.2, -0.15) is 0 Å². The average Bonchev–Trinajstić information content (AvgIpc) is 3.26. The number of anilines is 1. The van der Waals surface area contributed by atoms with Crippen LogP contribution in [0.2, 0.25) is 10.0 Å². The molecule has 0 spiro atoms. The number of thiazole rings is 1. The van der Waals surface area contributed by atoms with Gasteiger partial charge in [0.2, 0.25) is 5.91 Å². The van der Waals surface area contributed by atoms with E-state index in [-0.39, 0.29) is 12.3 Å². The third kappa shape index (κ3) is 3.58. The number of benzene rings is 2. The predicted molar refractivity (Wildman–Crippen MR) is 106 cm³/mol. The first-order valence-electron chi connectivity index (χ1n) is 7.70. The average molecular weight is 403 g/mol. The molecule has 2 N–H and O–H groups in total. The number of nitrogens with zero attached hydrogens (tertiary/aromatic N) is 2. The maximum absolute atomic E-state index is 12.3. The second kappa shape index (κ2) is 7.07. The lowest BCUT2D eigenvalue weighted by Crippen LogP contribution is -2.14. The van der Waals surface area contributed by atoms with E-state index in [9.17, 15) is 4.79 Å². The molecule has 0 unspecified atom stereocenters. The number of fused-ring (bicyclic) bond motifs is 1. The Labute approximate surface area is 163 Å². The van der Waals surface area contributed by atoms with Gasteiger partial charge in [-0.05, 0) is 35.9 Å². The Balaban J connectivity index is 1.51. The zero-order valence-electron chi connectivity index (χ0n) is 13.3. The number of halogens is 2. The molecule has 2 aromatic carbocycles. The standard InChI is InChI=1S/C18H12Cl2N4OS/c19-12-3-1-10(5-13(12)20)6-17(25)22-11-2-4-14-15(7-11)24-18(23-14)16-8-26-9-21-16/h1-5,7-9H,6H2,(H,22,25)(H,23,24). The van der Waals surface area contributed by atoms with E-state index < -0.39 is 0 Å². The van der Waals surface area contributed by atoms with E-state index in [0.29, 0.717) is 21.6 Å². The molecule has 0 fully saturated rings. The second-order valence-electron chi connectivity index (χ2n) is 5.66. The van der Waals surface area contributed by atoms with Crippen LogP contribution >= 0.6 is 34.5 Å². The zero-order valence-corrected chi connectivity index (χ0v) is 15.6. The van der Waals surface area contributed by atoms with Gasteiger partial charge < -0.3 is 10.3 Å². The van der Waals surface area contributed by atoms with E-state index >= 15 is 0 Å². The quantitative estimate of drug-likeness (QED) is 0.494. The SMILES string of the molecule is O=C(Cc1ccc(Cl)c(Cl)c1)Nc1ccc2nc(-c3cscn3)[nH]c2c1. The molecule has 0 aliphatic carbocycles. The molecule has 2 aromatic heterocycles. The van der Waals surface area contributed by atoms with Gasteiger partial charge in [0.15, 0.2) is 5.82 Å². The van der Waals surface area contributed by atoms with Crippen molar-refractivity contribution in [3.05, 3.63) is 62.9 Å². The van der Waals surface area contributed by atoms with Crippen molar-refractivity contribution in [3.63, 3.8) is 0 Å². The Hall–Kier alpha value is -2.41. The van der Waals surface area contributed by atoms with Crippen LogP contribution in [0.5, 0.6) is 0 Å². The molecule has 0 aliphatic heterocycles. The van der Waals surface area contributed by atoms with Crippen molar-refractivity contribution in [2.45, 2.75) is 6.42 Å². The van der Waals surface area contributed by atoms with Gasteiger partial charge in [0.05, 0.1) is 33.0 Å². The van der Waals surface area contributed by atoms with Crippen LogP contribution in [0, 0.1) is 0 Å². The van der Waals surface area contributed by atoms with E-state index in [1.54, 1.807) is 23.7 Å². The molecule has 0 bridgehead atoms. The van der Waals surface area contributed by atoms with Crippen LogP contribution in [-0.4, -0.2) is 20.9 Å². The summed E-state index contributed by atoms with van der Waals surface area (Å²) in [6.45, 7) is 0. The van der Waals surface area contributed by atoms with E-state index in [2.05, 4.69) is 20.3 Å². The van der Waals surface area contributed by atoms with E-state index in [1.165, 1.54) is 11.3 Å². The minimum atomic E-state index is -0.137. The smallest absolute Gasteiger partial charge is 0.228 e. The lowest BCUT2D eigenvalue weighted by atomic mass is 10.1. The number of rotatable bonds is 4. The summed E-state index contributed by atoms with van der Waals surface area (Å²) in [7, 11) is 0. The van der Waals surface area contributed by atoms with Gasteiger partial charge in [-0.3, -0.25) is 4.79 Å². The summed E-state index contributed by atoms with van der Waals surface area (Å²) in [5, 5.41) is 5.72. The van der Waals surface area contributed by atoms with Gasteiger partial charge in [0, 0.05) is 11.1 Å². The van der Waals surface area contributed by atoms with E-state index in [0.717, 1.165) is 22.3 Å². The summed E-state index contributed by atoms with van der Waals surface area (Å²) in [6, 6.07) is 10.7. The van der Waals surface area contributed by atoms with Crippen LogP contribution in [0.4, 0.5) is 5.69 Å². The number of aromatic nitrogens is 3. The molecule has 26 heavy (non-hydrogen) atoms. The Morgan fingerprint density at radius 1 is 1.15 bits per heavy atom. The third-order valence-electron chi connectivity index (χ3n) is 3.79. The molecule has 0 aliphatic rings. The summed E-state index contributed by atoms with van der Waals surface area (Å²) < 4.78 is 0. The third-order valence-corrected chi connectivity index (χ3v) is 5.11. The molecule has 0 saturated heterocycles. The normalized spacial score (nSPS) is 11.0. The summed E-state index contributed by atoms with van der Waals surface area (Å²) in [4.78, 5) is 24.3. The van der Waals surface area contributed by atoms with Gasteiger partial charge in [0.1, 0.15) is 5.69 Å². The van der Waals surface area contributed by atoms with Gasteiger partial charge in [-0.25, -0.2) is 9.97 Å². The Morgan fingerprint density at radius 2 is 2.04 bits per heavy atom. The molecule has 130 valence electrons. The van der Waals surface area contributed by atoms with Crippen LogP contribution in [0.25, 0.3) is 22.6 Å². The van der Waals surface area contributed by atoms with Gasteiger partial charge in [0.25, 0.3) is 0 Å². The second-order valence-corrected chi connectivity index (χ2v) is 7.20. The molecular weight excluding hydrogens is 391 g/mol. The molecule has 5 nitrogen and oxygen atoms in total. The fourth-order valence-corrected chi connectivity index (χ4v) is 3.44. The molecule has 8 heteroatoms. The number of hydrogen-bond donors (Lipinski definition) is 2. The number of carbonyl (C=O) groups is 1. The Kier molecular flexibility index (Phi) is 4.63. The van der Waals surface area contributed by atoms with Crippen LogP contribution in [-0.2, 0) is 11.2 Å². The maximum Gasteiger partial charge on any atom is 0.228 e. The van der Waals surface area contributed by atoms with Crippen LogP contribution in [0.1, 0.15) is 5.56 Å². The molecule has 0 saturated carbocycles. The monoisotopic (exact) mass is 402 g/mol. The Bertz CT molecular complexity index is 1090. The number of aromatic amines is 1. The number of hydrogen-bond acceptors (Lipinski definition) is 4. The fraction of sp³-hybridized carbons (Fsp3) is 0.0556. The van der Waals surface area contributed by atoms with Crippen LogP contribution in [0.15, 0.2) is 47.3 Å². The predicted octanol–water partition coefficient (Wildman–Crippen LogP) is 5.17. The molecule has 1 amide bonds. The van der Waals surface area contributed by atoms with Gasteiger partial charge in [-0.15, -0.1) is 11.3 Å². The van der Waals surface area contributed by atoms with Gasteiger partial charge in [-0.1, -0.05) is 29.3 Å². The minimum Gasteiger partial charge on any atom is -0.337 e. The van der Waals surface area contributed by atoms with Crippen LogP contribution in [0.3, 0.4) is 0 Å². The summed E-state index contributed by atoms with van der Waals surface area (Å²) in [5.41, 5.74) is 5.70. The highest BCUT2D eigenvalue weighted by Crippen LogP contribution is 2.24. The minimum absolute atomic E-state index is 0.137. The largest absolute Gasteiger partial charge is 0.337 e. The van der Waals surface area contributed by atoms with Crippen LogP contribution < -0.4 is 5.32 Å². The zero-order chi connectivity index (χ0) is 18.1. The lowest BCUT2D eigenvalue weighted by Gasteiger charge is -2.06. The fourth-order valence-electron chi connectivity index (χ4n) is 2.58. The first-order valence-corrected chi connectivity index (χ1v) is 9.40. The number of carbonyl (C=O) groups excluding carboxylic acids is 1. The lowest BCUT2D eigenvalue weighted by molar-refractivity contribution is -0.115. The van der Waals surface area contributed by atoms with Crippen molar-refractivity contribution in [1.29, 1.82) is 0 Å². The first-order chi connectivity index (χ1) is 12.6. The molecule has 0 radical (unpaired) electrons. The van der Waals surface area contributed by atoms with E-state index in [1.807, 2.05) is 23.6 Å². The molecule has 2 heterocycles. The molecule has 0 atom stereocenters.